The van der Waals surface area contributed by atoms with Crippen LogP contribution >= 0.6 is 0 Å². The van der Waals surface area contributed by atoms with E-state index in [9.17, 15) is 18.8 Å². The molecule has 1 aromatic rings. The Morgan fingerprint density at radius 2 is 1.52 bits per heavy atom. The van der Waals surface area contributed by atoms with Crippen LogP contribution in [0.5, 0.6) is 0 Å². The third kappa shape index (κ3) is 5.66. The highest BCUT2D eigenvalue weighted by molar-refractivity contribution is 6.08. The Bertz CT molecular complexity index is 699. The Morgan fingerprint density at radius 3 is 1.97 bits per heavy atom. The van der Waals surface area contributed by atoms with Gasteiger partial charge >= 0.3 is 11.9 Å². The second-order valence-electron chi connectivity index (χ2n) is 6.77. The number of nitrogens with one attached hydrogen (secondary N) is 1. The van der Waals surface area contributed by atoms with Crippen LogP contribution in [0.2, 0.25) is 0 Å². The molecule has 1 heterocycles. The molecular weight excluding hydrogens is 381 g/mol. The summed E-state index contributed by atoms with van der Waals surface area (Å²) in [6, 6.07) is 6.24. The van der Waals surface area contributed by atoms with Crippen LogP contribution in [0.25, 0.3) is 0 Å². The van der Waals surface area contributed by atoms with E-state index in [-0.39, 0.29) is 25.6 Å². The van der Waals surface area contributed by atoms with Gasteiger partial charge in [0.05, 0.1) is 13.2 Å². The maximum Gasteiger partial charge on any atom is 0.345 e. The molecule has 0 radical (unpaired) electrons. The van der Waals surface area contributed by atoms with Crippen molar-refractivity contribution < 1.29 is 28.2 Å². The summed E-state index contributed by atoms with van der Waals surface area (Å²) in [7, 11) is 0. The molecule has 1 aliphatic rings. The number of nitrogens with zero attached hydrogens (tertiary/aromatic N) is 2. The number of hydrogen-bond donors (Lipinski definition) is 1. The SMILES string of the molecule is CCOC(=O)C(CN1CCN(c2ccc(F)cc2)CC1)(NC(C)=O)C(=O)OCC. The van der Waals surface area contributed by atoms with Crippen molar-refractivity contribution in [3.63, 3.8) is 0 Å². The standard InChI is InChI=1S/C20H28FN3O5/c1-4-28-18(26)20(22-15(3)25,19(27)29-5-2)14-23-10-12-24(13-11-23)17-8-6-16(21)7-9-17/h6-9H,4-5,10-14H2,1-3H3,(H,22,25). The lowest BCUT2D eigenvalue weighted by atomic mass is 9.97. The number of ether oxygens (including phenoxy) is 2. The highest BCUT2D eigenvalue weighted by atomic mass is 19.1. The largest absolute Gasteiger partial charge is 0.464 e. The van der Waals surface area contributed by atoms with E-state index >= 15 is 0 Å². The maximum atomic E-state index is 13.1. The van der Waals surface area contributed by atoms with Crippen LogP contribution in [-0.4, -0.2) is 74.2 Å². The summed E-state index contributed by atoms with van der Waals surface area (Å²) in [6.45, 7) is 6.89. The van der Waals surface area contributed by atoms with E-state index in [2.05, 4.69) is 10.2 Å². The lowest BCUT2D eigenvalue weighted by Crippen LogP contribution is -2.67. The number of halogens is 1. The minimum atomic E-state index is -1.92. The lowest BCUT2D eigenvalue weighted by molar-refractivity contribution is -0.169. The molecule has 1 N–H and O–H groups in total. The van der Waals surface area contributed by atoms with Gasteiger partial charge < -0.3 is 19.7 Å². The number of hydrogen-bond acceptors (Lipinski definition) is 7. The average Bonchev–Trinajstić information content (AvgIpc) is 2.68. The van der Waals surface area contributed by atoms with Gasteiger partial charge in [-0.25, -0.2) is 14.0 Å². The van der Waals surface area contributed by atoms with Gasteiger partial charge in [0.15, 0.2) is 0 Å². The number of anilines is 1. The monoisotopic (exact) mass is 409 g/mol. The molecule has 0 bridgehead atoms. The Balaban J connectivity index is 2.15. The number of amides is 1. The maximum absolute atomic E-state index is 13.1. The van der Waals surface area contributed by atoms with Crippen molar-refractivity contribution in [2.45, 2.75) is 26.3 Å². The number of benzene rings is 1. The quantitative estimate of drug-likeness (QED) is 0.505. The second kappa shape index (κ2) is 10.2. The average molecular weight is 409 g/mol. The molecule has 8 nitrogen and oxygen atoms in total. The molecule has 160 valence electrons. The highest BCUT2D eigenvalue weighted by Gasteiger charge is 2.51. The van der Waals surface area contributed by atoms with Crippen molar-refractivity contribution in [2.75, 3.05) is 50.8 Å². The number of piperazine rings is 1. The smallest absolute Gasteiger partial charge is 0.345 e. The van der Waals surface area contributed by atoms with Crippen LogP contribution in [0.4, 0.5) is 10.1 Å². The van der Waals surface area contributed by atoms with Crippen LogP contribution in [-0.2, 0) is 23.9 Å². The van der Waals surface area contributed by atoms with Gasteiger partial charge in [-0.05, 0) is 38.1 Å². The van der Waals surface area contributed by atoms with E-state index in [1.165, 1.54) is 19.1 Å². The van der Waals surface area contributed by atoms with E-state index in [1.807, 2.05) is 4.90 Å². The van der Waals surface area contributed by atoms with Crippen LogP contribution in [0, 0.1) is 5.82 Å². The molecule has 0 unspecified atom stereocenters. The van der Waals surface area contributed by atoms with Crippen molar-refractivity contribution in [2.24, 2.45) is 0 Å². The number of esters is 2. The fourth-order valence-electron chi connectivity index (χ4n) is 3.31. The first-order valence-corrected chi connectivity index (χ1v) is 9.68. The van der Waals surface area contributed by atoms with E-state index in [0.29, 0.717) is 26.2 Å². The second-order valence-corrected chi connectivity index (χ2v) is 6.77. The Labute approximate surface area is 169 Å². The van der Waals surface area contributed by atoms with Gasteiger partial charge in [-0.15, -0.1) is 0 Å². The predicted molar refractivity (Wildman–Crippen MR) is 105 cm³/mol. The first kappa shape index (κ1) is 22.6. The van der Waals surface area contributed by atoms with E-state index < -0.39 is 23.4 Å². The molecule has 9 heteroatoms. The van der Waals surface area contributed by atoms with Crippen molar-refractivity contribution >= 4 is 23.5 Å². The fraction of sp³-hybridized carbons (Fsp3) is 0.550. The van der Waals surface area contributed by atoms with Crippen LogP contribution in [0.1, 0.15) is 20.8 Å². The van der Waals surface area contributed by atoms with Crippen molar-refractivity contribution in [1.29, 1.82) is 0 Å². The van der Waals surface area contributed by atoms with Crippen molar-refractivity contribution in [3.8, 4) is 0 Å². The fourth-order valence-corrected chi connectivity index (χ4v) is 3.31. The summed E-state index contributed by atoms with van der Waals surface area (Å²) in [5, 5.41) is 2.47. The molecule has 0 saturated carbocycles. The topological polar surface area (TPSA) is 88.2 Å². The summed E-state index contributed by atoms with van der Waals surface area (Å²) in [5.41, 5.74) is -1.02. The zero-order valence-electron chi connectivity index (χ0n) is 17.1. The van der Waals surface area contributed by atoms with E-state index in [4.69, 9.17) is 9.47 Å². The molecule has 0 atom stereocenters. The molecule has 1 amide bonds. The van der Waals surface area contributed by atoms with Gasteiger partial charge in [0.25, 0.3) is 0 Å². The van der Waals surface area contributed by atoms with Crippen LogP contribution in [0.15, 0.2) is 24.3 Å². The van der Waals surface area contributed by atoms with E-state index in [1.54, 1.807) is 26.0 Å². The molecule has 2 rings (SSSR count). The highest BCUT2D eigenvalue weighted by Crippen LogP contribution is 2.20. The Morgan fingerprint density at radius 1 is 1.00 bits per heavy atom. The Kier molecular flexibility index (Phi) is 7.95. The molecular formula is C20H28FN3O5. The third-order valence-electron chi connectivity index (χ3n) is 4.66. The minimum Gasteiger partial charge on any atom is -0.464 e. The van der Waals surface area contributed by atoms with Gasteiger partial charge in [0, 0.05) is 45.3 Å². The zero-order valence-corrected chi connectivity index (χ0v) is 17.1. The molecule has 29 heavy (non-hydrogen) atoms. The molecule has 1 aromatic carbocycles. The Hall–Kier alpha value is -2.68. The molecule has 0 aliphatic carbocycles. The zero-order chi connectivity index (χ0) is 21.4. The van der Waals surface area contributed by atoms with Crippen LogP contribution in [0.3, 0.4) is 0 Å². The normalized spacial score (nSPS) is 15.0. The molecule has 0 spiro atoms. The summed E-state index contributed by atoms with van der Waals surface area (Å²) in [4.78, 5) is 41.2. The van der Waals surface area contributed by atoms with Gasteiger partial charge in [-0.3, -0.25) is 9.69 Å². The summed E-state index contributed by atoms with van der Waals surface area (Å²) in [5.74, 6) is -2.50. The minimum absolute atomic E-state index is 0.0541. The van der Waals surface area contributed by atoms with E-state index in [0.717, 1.165) is 5.69 Å². The third-order valence-corrected chi connectivity index (χ3v) is 4.66. The first-order chi connectivity index (χ1) is 13.8. The summed E-state index contributed by atoms with van der Waals surface area (Å²) < 4.78 is 23.3. The van der Waals surface area contributed by atoms with Crippen molar-refractivity contribution in [3.05, 3.63) is 30.1 Å². The first-order valence-electron chi connectivity index (χ1n) is 9.68. The molecule has 1 aliphatic heterocycles. The predicted octanol–water partition coefficient (Wildman–Crippen LogP) is 0.949. The van der Waals surface area contributed by atoms with Gasteiger partial charge in [0.1, 0.15) is 5.82 Å². The van der Waals surface area contributed by atoms with Crippen molar-refractivity contribution in [1.82, 2.24) is 10.2 Å². The molecule has 1 fully saturated rings. The molecule has 1 saturated heterocycles. The number of carbonyl (C=O) groups is 3. The van der Waals surface area contributed by atoms with Crippen LogP contribution < -0.4 is 10.2 Å². The molecule has 0 aromatic heterocycles. The summed E-state index contributed by atoms with van der Waals surface area (Å²) in [6.07, 6.45) is 0. The van der Waals surface area contributed by atoms with Gasteiger partial charge in [-0.2, -0.15) is 0 Å². The number of rotatable bonds is 8. The van der Waals surface area contributed by atoms with Gasteiger partial charge in [0.2, 0.25) is 11.4 Å². The number of carbonyl (C=O) groups excluding carboxylic acids is 3. The lowest BCUT2D eigenvalue weighted by Gasteiger charge is -2.40. The van der Waals surface area contributed by atoms with Gasteiger partial charge in [-0.1, -0.05) is 0 Å². The summed E-state index contributed by atoms with van der Waals surface area (Å²) >= 11 is 0.